The quantitative estimate of drug-likeness (QED) is 0.622. The molecule has 0 fully saturated rings. The molecule has 0 saturated carbocycles. The van der Waals surface area contributed by atoms with E-state index in [2.05, 4.69) is 18.5 Å². The van der Waals surface area contributed by atoms with Crippen molar-refractivity contribution >= 4 is 5.91 Å². The Labute approximate surface area is 79.0 Å². The lowest BCUT2D eigenvalue weighted by atomic mass is 10.2. The Kier molecular flexibility index (Phi) is 5.55. The Balaban J connectivity index is 3.99. The molecule has 0 aliphatic heterocycles. The van der Waals surface area contributed by atoms with Gasteiger partial charge >= 0.3 is 0 Å². The third-order valence-electron chi connectivity index (χ3n) is 1.49. The maximum atomic E-state index is 11.2. The zero-order chi connectivity index (χ0) is 10.3. The minimum atomic E-state index is -0.464. The van der Waals surface area contributed by atoms with Crippen molar-refractivity contribution in [1.82, 2.24) is 5.32 Å². The molecule has 0 saturated heterocycles. The van der Waals surface area contributed by atoms with Gasteiger partial charge in [0.05, 0.1) is 6.04 Å². The second-order valence-corrected chi connectivity index (χ2v) is 2.62. The van der Waals surface area contributed by atoms with E-state index in [4.69, 9.17) is 5.73 Å². The summed E-state index contributed by atoms with van der Waals surface area (Å²) in [5, 5.41) is 2.57. The van der Waals surface area contributed by atoms with Gasteiger partial charge in [0.15, 0.2) is 0 Å². The first-order valence-electron chi connectivity index (χ1n) is 4.16. The molecule has 13 heavy (non-hydrogen) atoms. The van der Waals surface area contributed by atoms with Crippen LogP contribution in [0, 0.1) is 0 Å². The molecule has 0 bridgehead atoms. The third-order valence-corrected chi connectivity index (χ3v) is 1.49. The van der Waals surface area contributed by atoms with Crippen molar-refractivity contribution < 1.29 is 4.79 Å². The Morgan fingerprint density at radius 1 is 1.69 bits per heavy atom. The highest BCUT2D eigenvalue weighted by atomic mass is 16.2. The molecular weight excluding hydrogens is 164 g/mol. The number of rotatable bonds is 5. The van der Waals surface area contributed by atoms with Crippen LogP contribution in [0.1, 0.15) is 13.3 Å². The standard InChI is InChI=1S/C10H16N2O/c1-4-6-7-8(3)12-10(13)9(11)5-2/h4,6-7,9H,1,3,5,11H2,2H3,(H,12,13)/b7-6-. The van der Waals surface area contributed by atoms with Gasteiger partial charge in [-0.2, -0.15) is 0 Å². The zero-order valence-electron chi connectivity index (χ0n) is 7.92. The summed E-state index contributed by atoms with van der Waals surface area (Å²) in [6.45, 7) is 8.98. The SMILES string of the molecule is C=C/C=C\C(=C)NC(=O)C(N)CC. The molecule has 0 aliphatic rings. The highest BCUT2D eigenvalue weighted by molar-refractivity contribution is 5.83. The van der Waals surface area contributed by atoms with Gasteiger partial charge in [0, 0.05) is 5.70 Å². The zero-order valence-corrected chi connectivity index (χ0v) is 7.92. The van der Waals surface area contributed by atoms with Gasteiger partial charge in [0.2, 0.25) is 5.91 Å². The predicted molar refractivity (Wildman–Crippen MR) is 54.9 cm³/mol. The van der Waals surface area contributed by atoms with E-state index in [1.807, 2.05) is 6.92 Å². The summed E-state index contributed by atoms with van der Waals surface area (Å²) >= 11 is 0. The van der Waals surface area contributed by atoms with Crippen molar-refractivity contribution in [2.45, 2.75) is 19.4 Å². The van der Waals surface area contributed by atoms with E-state index in [0.29, 0.717) is 12.1 Å². The van der Waals surface area contributed by atoms with Crippen molar-refractivity contribution in [3.63, 3.8) is 0 Å². The van der Waals surface area contributed by atoms with Gasteiger partial charge in [-0.15, -0.1) is 0 Å². The van der Waals surface area contributed by atoms with E-state index in [-0.39, 0.29) is 5.91 Å². The summed E-state index contributed by atoms with van der Waals surface area (Å²) in [7, 11) is 0. The molecule has 0 aromatic heterocycles. The molecule has 1 atom stereocenters. The van der Waals surface area contributed by atoms with Gasteiger partial charge in [0.1, 0.15) is 0 Å². The van der Waals surface area contributed by atoms with Gasteiger partial charge in [-0.1, -0.05) is 32.2 Å². The van der Waals surface area contributed by atoms with Crippen molar-refractivity contribution in [3.05, 3.63) is 37.1 Å². The lowest BCUT2D eigenvalue weighted by molar-refractivity contribution is -0.121. The van der Waals surface area contributed by atoms with Gasteiger partial charge < -0.3 is 11.1 Å². The number of nitrogens with two attached hydrogens (primary N) is 1. The van der Waals surface area contributed by atoms with Crippen molar-refractivity contribution in [2.24, 2.45) is 5.73 Å². The molecule has 3 nitrogen and oxygen atoms in total. The maximum Gasteiger partial charge on any atom is 0.241 e. The fourth-order valence-corrected chi connectivity index (χ4v) is 0.662. The molecule has 1 unspecified atom stereocenters. The average Bonchev–Trinajstić information content (AvgIpc) is 2.13. The maximum absolute atomic E-state index is 11.2. The van der Waals surface area contributed by atoms with E-state index in [0.717, 1.165) is 0 Å². The topological polar surface area (TPSA) is 55.1 Å². The molecule has 72 valence electrons. The van der Waals surface area contributed by atoms with E-state index in [1.54, 1.807) is 18.2 Å². The van der Waals surface area contributed by atoms with E-state index >= 15 is 0 Å². The normalized spacial score (nSPS) is 12.5. The second-order valence-electron chi connectivity index (χ2n) is 2.62. The number of hydrogen-bond acceptors (Lipinski definition) is 2. The lowest BCUT2D eigenvalue weighted by Crippen LogP contribution is -2.39. The summed E-state index contributed by atoms with van der Waals surface area (Å²) in [4.78, 5) is 11.2. The summed E-state index contributed by atoms with van der Waals surface area (Å²) in [6.07, 6.45) is 5.58. The van der Waals surface area contributed by atoms with Crippen LogP contribution in [0.5, 0.6) is 0 Å². The number of nitrogens with one attached hydrogen (secondary N) is 1. The summed E-state index contributed by atoms with van der Waals surface area (Å²) < 4.78 is 0. The first-order chi connectivity index (χ1) is 6.11. The van der Waals surface area contributed by atoms with Crippen molar-refractivity contribution in [2.75, 3.05) is 0 Å². The molecule has 0 rings (SSSR count). The summed E-state index contributed by atoms with van der Waals surface area (Å²) in [6, 6.07) is -0.464. The molecule has 0 heterocycles. The molecule has 3 heteroatoms. The van der Waals surface area contributed by atoms with Gasteiger partial charge in [-0.05, 0) is 12.5 Å². The summed E-state index contributed by atoms with van der Waals surface area (Å²) in [5.74, 6) is -0.207. The number of carbonyl (C=O) groups excluding carboxylic acids is 1. The van der Waals surface area contributed by atoms with E-state index in [1.165, 1.54) is 0 Å². The fraction of sp³-hybridized carbons (Fsp3) is 0.300. The van der Waals surface area contributed by atoms with Crippen LogP contribution in [0.2, 0.25) is 0 Å². The minimum Gasteiger partial charge on any atom is -0.325 e. The van der Waals surface area contributed by atoms with Crippen LogP contribution < -0.4 is 11.1 Å². The smallest absolute Gasteiger partial charge is 0.241 e. The molecule has 0 aromatic rings. The largest absolute Gasteiger partial charge is 0.325 e. The van der Waals surface area contributed by atoms with Crippen LogP contribution in [0.25, 0.3) is 0 Å². The van der Waals surface area contributed by atoms with Crippen LogP contribution in [0.4, 0.5) is 0 Å². The third kappa shape index (κ3) is 4.98. The first-order valence-corrected chi connectivity index (χ1v) is 4.16. The van der Waals surface area contributed by atoms with Crippen LogP contribution in [-0.2, 0) is 4.79 Å². The van der Waals surface area contributed by atoms with Gasteiger partial charge in [-0.3, -0.25) is 4.79 Å². The second kappa shape index (κ2) is 6.20. The molecule has 1 amide bonds. The molecule has 3 N–H and O–H groups in total. The average molecular weight is 180 g/mol. The Morgan fingerprint density at radius 2 is 2.31 bits per heavy atom. The highest BCUT2D eigenvalue weighted by Crippen LogP contribution is 1.91. The lowest BCUT2D eigenvalue weighted by Gasteiger charge is -2.09. The monoisotopic (exact) mass is 180 g/mol. The number of amides is 1. The Bertz CT molecular complexity index is 231. The first kappa shape index (κ1) is 11.6. The van der Waals surface area contributed by atoms with Crippen molar-refractivity contribution in [3.8, 4) is 0 Å². The predicted octanol–water partition coefficient (Wildman–Crippen LogP) is 1.10. The van der Waals surface area contributed by atoms with Crippen LogP contribution in [0.3, 0.4) is 0 Å². The molecule has 0 aromatic carbocycles. The number of carbonyl (C=O) groups is 1. The molecule has 0 spiro atoms. The Morgan fingerprint density at radius 3 is 2.77 bits per heavy atom. The number of allylic oxidation sites excluding steroid dienone is 3. The molecule has 0 radical (unpaired) electrons. The van der Waals surface area contributed by atoms with Crippen LogP contribution in [0.15, 0.2) is 37.1 Å². The van der Waals surface area contributed by atoms with Gasteiger partial charge in [-0.25, -0.2) is 0 Å². The van der Waals surface area contributed by atoms with Gasteiger partial charge in [0.25, 0.3) is 0 Å². The fourth-order valence-electron chi connectivity index (χ4n) is 0.662. The van der Waals surface area contributed by atoms with E-state index < -0.39 is 6.04 Å². The highest BCUT2D eigenvalue weighted by Gasteiger charge is 2.09. The molecule has 0 aliphatic carbocycles. The Hall–Kier alpha value is -1.35. The van der Waals surface area contributed by atoms with Crippen molar-refractivity contribution in [1.29, 1.82) is 0 Å². The minimum absolute atomic E-state index is 0.207. The van der Waals surface area contributed by atoms with Crippen LogP contribution in [-0.4, -0.2) is 11.9 Å². The van der Waals surface area contributed by atoms with E-state index in [9.17, 15) is 4.79 Å². The summed E-state index contributed by atoms with van der Waals surface area (Å²) in [5.41, 5.74) is 6.02. The van der Waals surface area contributed by atoms with Crippen LogP contribution >= 0.6 is 0 Å². The number of hydrogen-bond donors (Lipinski definition) is 2. The molecular formula is C10H16N2O.